The largest absolute Gasteiger partial charge is 0.376 e. The number of thioether (sulfide) groups is 1. The lowest BCUT2D eigenvalue weighted by molar-refractivity contribution is 0.0957. The summed E-state index contributed by atoms with van der Waals surface area (Å²) in [5.41, 5.74) is 3.42. The molecule has 8 heteroatoms. The van der Waals surface area contributed by atoms with Crippen molar-refractivity contribution < 1.29 is 13.9 Å². The number of hydrogen-bond acceptors (Lipinski definition) is 5. The first kappa shape index (κ1) is 23.5. The molecular formula is C27H26FN3O3S. The van der Waals surface area contributed by atoms with Crippen LogP contribution in [-0.4, -0.2) is 38.4 Å². The first-order valence-corrected chi connectivity index (χ1v) is 12.6. The molecule has 1 atom stereocenters. The highest BCUT2D eigenvalue weighted by molar-refractivity contribution is 7.99. The minimum atomic E-state index is -0.390. The molecule has 0 saturated carbocycles. The first-order valence-electron chi connectivity index (χ1n) is 11.6. The van der Waals surface area contributed by atoms with Gasteiger partial charge in [0.25, 0.3) is 5.56 Å². The zero-order valence-corrected chi connectivity index (χ0v) is 20.5. The summed E-state index contributed by atoms with van der Waals surface area (Å²) >= 11 is 1.21. The predicted octanol–water partition coefficient (Wildman–Crippen LogP) is 5.10. The van der Waals surface area contributed by atoms with Crippen LogP contribution in [0.1, 0.15) is 34.6 Å². The fourth-order valence-corrected chi connectivity index (χ4v) is 5.49. The Labute approximate surface area is 206 Å². The maximum atomic E-state index is 13.5. The smallest absolute Gasteiger partial charge is 0.266 e. The average molecular weight is 492 g/mol. The number of para-hydroxylation sites is 1. The summed E-state index contributed by atoms with van der Waals surface area (Å²) in [5, 5.41) is 0.854. The van der Waals surface area contributed by atoms with Crippen LogP contribution in [0, 0.1) is 19.7 Å². The fourth-order valence-electron chi connectivity index (χ4n) is 4.59. The van der Waals surface area contributed by atoms with Gasteiger partial charge in [-0.05, 0) is 69.2 Å². The van der Waals surface area contributed by atoms with E-state index < -0.39 is 5.82 Å². The van der Waals surface area contributed by atoms with Crippen LogP contribution in [0.2, 0.25) is 0 Å². The van der Waals surface area contributed by atoms with Crippen molar-refractivity contribution in [2.45, 2.75) is 44.5 Å². The molecule has 5 rings (SSSR count). The number of carbonyl (C=O) groups excluding carboxylic acids is 1. The molecule has 0 radical (unpaired) electrons. The molecule has 4 aromatic rings. The van der Waals surface area contributed by atoms with Crippen molar-refractivity contribution in [3.8, 4) is 5.69 Å². The number of ketones is 1. The second-order valence-corrected chi connectivity index (χ2v) is 9.71. The molecule has 0 N–H and O–H groups in total. The second kappa shape index (κ2) is 9.79. The minimum absolute atomic E-state index is 0.0326. The summed E-state index contributed by atoms with van der Waals surface area (Å²) in [6.45, 7) is 5.50. The van der Waals surface area contributed by atoms with Gasteiger partial charge in [-0.15, -0.1) is 0 Å². The molecule has 1 fully saturated rings. The quantitative estimate of drug-likeness (QED) is 0.205. The number of aromatic nitrogens is 3. The van der Waals surface area contributed by atoms with Gasteiger partial charge in [-0.25, -0.2) is 9.37 Å². The molecule has 2 aromatic carbocycles. The SMILES string of the molecule is Cc1cc(C(=O)CSc2nc3ccccc3c(=O)n2-c2ccc(F)cc2)c(C)n1C[C@@H]1CCCO1. The van der Waals surface area contributed by atoms with Gasteiger partial charge in [-0.2, -0.15) is 0 Å². The van der Waals surface area contributed by atoms with Crippen molar-refractivity contribution in [2.75, 3.05) is 12.4 Å². The highest BCUT2D eigenvalue weighted by Gasteiger charge is 2.22. The lowest BCUT2D eigenvalue weighted by Gasteiger charge is -2.15. The van der Waals surface area contributed by atoms with Crippen LogP contribution in [0.15, 0.2) is 64.5 Å². The highest BCUT2D eigenvalue weighted by Crippen LogP contribution is 2.25. The van der Waals surface area contributed by atoms with E-state index in [1.807, 2.05) is 26.0 Å². The van der Waals surface area contributed by atoms with Crippen LogP contribution < -0.4 is 5.56 Å². The molecule has 1 aliphatic rings. The zero-order valence-electron chi connectivity index (χ0n) is 19.7. The van der Waals surface area contributed by atoms with Gasteiger partial charge in [0.2, 0.25) is 0 Å². The summed E-state index contributed by atoms with van der Waals surface area (Å²) in [6.07, 6.45) is 2.29. The summed E-state index contributed by atoms with van der Waals surface area (Å²) in [6, 6.07) is 14.7. The molecular weight excluding hydrogens is 465 g/mol. The normalized spacial score (nSPS) is 15.7. The van der Waals surface area contributed by atoms with Crippen LogP contribution in [0.3, 0.4) is 0 Å². The van der Waals surface area contributed by atoms with E-state index in [0.717, 1.165) is 37.4 Å². The van der Waals surface area contributed by atoms with Gasteiger partial charge in [0.1, 0.15) is 5.82 Å². The molecule has 1 aliphatic heterocycles. The van der Waals surface area contributed by atoms with Crippen molar-refractivity contribution in [1.29, 1.82) is 0 Å². The maximum Gasteiger partial charge on any atom is 0.266 e. The topological polar surface area (TPSA) is 66.1 Å². The van der Waals surface area contributed by atoms with E-state index in [1.165, 1.54) is 40.6 Å². The second-order valence-electron chi connectivity index (χ2n) is 8.77. The summed E-state index contributed by atoms with van der Waals surface area (Å²) in [4.78, 5) is 31.3. The molecule has 2 aromatic heterocycles. The number of carbonyl (C=O) groups is 1. The Morgan fingerprint density at radius 3 is 2.69 bits per heavy atom. The predicted molar refractivity (Wildman–Crippen MR) is 135 cm³/mol. The monoisotopic (exact) mass is 491 g/mol. The Bertz CT molecular complexity index is 1450. The van der Waals surface area contributed by atoms with Crippen LogP contribution in [0.25, 0.3) is 16.6 Å². The van der Waals surface area contributed by atoms with Gasteiger partial charge in [0.15, 0.2) is 10.9 Å². The van der Waals surface area contributed by atoms with Crippen LogP contribution in [0.4, 0.5) is 4.39 Å². The number of nitrogens with zero attached hydrogens (tertiary/aromatic N) is 3. The minimum Gasteiger partial charge on any atom is -0.376 e. The van der Waals surface area contributed by atoms with E-state index in [4.69, 9.17) is 4.74 Å². The van der Waals surface area contributed by atoms with E-state index in [9.17, 15) is 14.0 Å². The van der Waals surface area contributed by atoms with Crippen molar-refractivity contribution in [2.24, 2.45) is 0 Å². The molecule has 3 heterocycles. The molecule has 180 valence electrons. The first-order chi connectivity index (χ1) is 16.9. The van der Waals surface area contributed by atoms with Crippen molar-refractivity contribution >= 4 is 28.4 Å². The van der Waals surface area contributed by atoms with E-state index in [-0.39, 0.29) is 23.2 Å². The van der Waals surface area contributed by atoms with Crippen LogP contribution >= 0.6 is 11.8 Å². The number of fused-ring (bicyclic) bond motifs is 1. The number of hydrogen-bond donors (Lipinski definition) is 0. The van der Waals surface area contributed by atoms with E-state index in [1.54, 1.807) is 18.2 Å². The molecule has 0 spiro atoms. The van der Waals surface area contributed by atoms with Crippen molar-refractivity contribution in [3.05, 3.63) is 87.7 Å². The van der Waals surface area contributed by atoms with Crippen LogP contribution in [0.5, 0.6) is 0 Å². The lowest BCUT2D eigenvalue weighted by atomic mass is 10.2. The Hall–Kier alpha value is -3.23. The molecule has 0 aliphatic carbocycles. The Morgan fingerprint density at radius 2 is 1.94 bits per heavy atom. The van der Waals surface area contributed by atoms with Crippen LogP contribution in [-0.2, 0) is 11.3 Å². The van der Waals surface area contributed by atoms with Gasteiger partial charge >= 0.3 is 0 Å². The third-order valence-electron chi connectivity index (χ3n) is 6.45. The Morgan fingerprint density at radius 1 is 1.17 bits per heavy atom. The Balaban J connectivity index is 1.45. The summed E-state index contributed by atoms with van der Waals surface area (Å²) < 4.78 is 22.9. The number of ether oxygens (including phenoxy) is 1. The number of halogens is 1. The van der Waals surface area contributed by atoms with Gasteiger partial charge in [0, 0.05) is 30.1 Å². The van der Waals surface area contributed by atoms with Gasteiger partial charge in [-0.1, -0.05) is 23.9 Å². The third kappa shape index (κ3) is 4.68. The molecule has 6 nitrogen and oxygen atoms in total. The van der Waals surface area contributed by atoms with E-state index in [0.29, 0.717) is 27.3 Å². The third-order valence-corrected chi connectivity index (χ3v) is 7.38. The standard InChI is InChI=1S/C27H26FN3O3S/c1-17-14-23(18(2)30(17)15-21-6-5-13-34-21)25(32)16-35-27-29-24-8-4-3-7-22(24)26(33)31(27)20-11-9-19(28)10-12-20/h3-4,7-12,14,21H,5-6,13,15-16H2,1-2H3/t21-/m0/s1. The summed E-state index contributed by atoms with van der Waals surface area (Å²) in [7, 11) is 0. The molecule has 0 unspecified atom stereocenters. The van der Waals surface area contributed by atoms with E-state index >= 15 is 0 Å². The number of aryl methyl sites for hydroxylation is 1. The van der Waals surface area contributed by atoms with Gasteiger partial charge in [0.05, 0.1) is 28.4 Å². The van der Waals surface area contributed by atoms with E-state index in [2.05, 4.69) is 9.55 Å². The number of benzene rings is 2. The Kier molecular flexibility index (Phi) is 6.58. The van der Waals surface area contributed by atoms with Gasteiger partial charge < -0.3 is 9.30 Å². The fraction of sp³-hybridized carbons (Fsp3) is 0.296. The zero-order chi connectivity index (χ0) is 24.5. The van der Waals surface area contributed by atoms with Crippen molar-refractivity contribution in [1.82, 2.24) is 14.1 Å². The summed E-state index contributed by atoms with van der Waals surface area (Å²) in [5.74, 6) is -0.302. The number of rotatable bonds is 7. The molecule has 1 saturated heterocycles. The van der Waals surface area contributed by atoms with Crippen molar-refractivity contribution in [3.63, 3.8) is 0 Å². The van der Waals surface area contributed by atoms with Gasteiger partial charge in [-0.3, -0.25) is 14.2 Å². The number of Topliss-reactive ketones (excluding diaryl/α,β-unsaturated/α-hetero) is 1. The average Bonchev–Trinajstić information content (AvgIpc) is 3.47. The molecule has 0 amide bonds. The molecule has 0 bridgehead atoms. The lowest BCUT2D eigenvalue weighted by Crippen LogP contribution is -2.22. The maximum absolute atomic E-state index is 13.5. The molecule has 35 heavy (non-hydrogen) atoms. The highest BCUT2D eigenvalue weighted by atomic mass is 32.2.